The predicted octanol–water partition coefficient (Wildman–Crippen LogP) is 4.99. The molecule has 1 saturated heterocycles. The number of piperazine rings is 1. The third-order valence-corrected chi connectivity index (χ3v) is 5.68. The second-order valence-corrected chi connectivity index (χ2v) is 7.94. The fraction of sp³-hybridized carbons (Fsp3) is 0.440. The number of unbranched alkanes of at least 4 members (excludes halogenated alkanes) is 1. The van der Waals surface area contributed by atoms with Crippen LogP contribution in [-0.4, -0.2) is 37.6 Å². The van der Waals surface area contributed by atoms with Crippen LogP contribution in [0.15, 0.2) is 49.0 Å². The standard InChI is InChI=1S/C25H35N3/c1-5-6-13-26-19-23-8-10-24(11-9-23)22(4)27-14-16-28(17-15-27)25-12-7-20(2)18-21(25)3/h7-12,18,26H,4-6,13-17,19H2,1-3H3. The quantitative estimate of drug-likeness (QED) is 0.654. The van der Waals surface area contributed by atoms with Gasteiger partial charge in [0, 0.05) is 44.1 Å². The van der Waals surface area contributed by atoms with Crippen molar-refractivity contribution in [3.8, 4) is 0 Å². The smallest absolute Gasteiger partial charge is 0.0397 e. The minimum atomic E-state index is 0.946. The molecule has 1 heterocycles. The molecule has 1 aliphatic heterocycles. The molecule has 1 aliphatic rings. The van der Waals surface area contributed by atoms with Gasteiger partial charge in [-0.3, -0.25) is 0 Å². The van der Waals surface area contributed by atoms with Crippen molar-refractivity contribution in [2.24, 2.45) is 0 Å². The molecule has 2 aromatic rings. The normalized spacial score (nSPS) is 14.4. The van der Waals surface area contributed by atoms with Crippen molar-refractivity contribution in [3.05, 3.63) is 71.3 Å². The average molecular weight is 378 g/mol. The Balaban J connectivity index is 1.53. The fourth-order valence-electron chi connectivity index (χ4n) is 3.91. The Hall–Kier alpha value is -2.26. The van der Waals surface area contributed by atoms with E-state index in [0.717, 1.165) is 45.0 Å². The molecule has 3 rings (SSSR count). The summed E-state index contributed by atoms with van der Waals surface area (Å²) >= 11 is 0. The first kappa shape index (κ1) is 20.5. The van der Waals surface area contributed by atoms with Crippen LogP contribution < -0.4 is 10.2 Å². The molecule has 0 spiro atoms. The van der Waals surface area contributed by atoms with Gasteiger partial charge in [-0.2, -0.15) is 0 Å². The van der Waals surface area contributed by atoms with Crippen LogP contribution in [0.1, 0.15) is 42.0 Å². The highest BCUT2D eigenvalue weighted by Crippen LogP contribution is 2.25. The van der Waals surface area contributed by atoms with Gasteiger partial charge < -0.3 is 15.1 Å². The van der Waals surface area contributed by atoms with E-state index < -0.39 is 0 Å². The first-order valence-electron chi connectivity index (χ1n) is 10.6. The summed E-state index contributed by atoms with van der Waals surface area (Å²) in [5, 5.41) is 3.50. The molecule has 0 bridgehead atoms. The van der Waals surface area contributed by atoms with Gasteiger partial charge in [-0.05, 0) is 49.6 Å². The maximum Gasteiger partial charge on any atom is 0.0397 e. The van der Waals surface area contributed by atoms with Gasteiger partial charge >= 0.3 is 0 Å². The summed E-state index contributed by atoms with van der Waals surface area (Å²) in [6.45, 7) is 17.1. The zero-order valence-electron chi connectivity index (χ0n) is 17.8. The molecule has 28 heavy (non-hydrogen) atoms. The van der Waals surface area contributed by atoms with E-state index in [9.17, 15) is 0 Å². The Morgan fingerprint density at radius 3 is 2.36 bits per heavy atom. The summed E-state index contributed by atoms with van der Waals surface area (Å²) in [5.41, 5.74) is 7.79. The number of aryl methyl sites for hydroxylation is 2. The van der Waals surface area contributed by atoms with Gasteiger partial charge in [-0.1, -0.05) is 61.9 Å². The van der Waals surface area contributed by atoms with Gasteiger partial charge in [0.15, 0.2) is 0 Å². The summed E-state index contributed by atoms with van der Waals surface area (Å²) in [4.78, 5) is 4.93. The summed E-state index contributed by atoms with van der Waals surface area (Å²) in [7, 11) is 0. The fourth-order valence-corrected chi connectivity index (χ4v) is 3.91. The van der Waals surface area contributed by atoms with Crippen molar-refractivity contribution < 1.29 is 0 Å². The van der Waals surface area contributed by atoms with Gasteiger partial charge in [0.05, 0.1) is 0 Å². The maximum absolute atomic E-state index is 4.38. The van der Waals surface area contributed by atoms with Gasteiger partial charge in [-0.15, -0.1) is 0 Å². The van der Waals surface area contributed by atoms with Crippen LogP contribution in [0.2, 0.25) is 0 Å². The lowest BCUT2D eigenvalue weighted by molar-refractivity contribution is 0.368. The maximum atomic E-state index is 4.38. The molecule has 1 fully saturated rings. The highest BCUT2D eigenvalue weighted by atomic mass is 15.3. The van der Waals surface area contributed by atoms with Gasteiger partial charge in [0.2, 0.25) is 0 Å². The molecule has 0 radical (unpaired) electrons. The first-order chi connectivity index (χ1) is 13.6. The Morgan fingerprint density at radius 2 is 1.71 bits per heavy atom. The van der Waals surface area contributed by atoms with E-state index in [1.165, 1.54) is 40.8 Å². The van der Waals surface area contributed by atoms with Gasteiger partial charge in [-0.25, -0.2) is 0 Å². The molecule has 0 atom stereocenters. The van der Waals surface area contributed by atoms with Crippen molar-refractivity contribution in [3.63, 3.8) is 0 Å². The molecule has 0 aliphatic carbocycles. The Labute approximate surface area is 171 Å². The summed E-state index contributed by atoms with van der Waals surface area (Å²) in [6.07, 6.45) is 2.48. The molecule has 0 aromatic heterocycles. The Bertz CT molecular complexity index is 771. The zero-order chi connectivity index (χ0) is 19.9. The largest absolute Gasteiger partial charge is 0.368 e. The minimum absolute atomic E-state index is 0.946. The van der Waals surface area contributed by atoms with Crippen molar-refractivity contribution in [2.75, 3.05) is 37.6 Å². The summed E-state index contributed by atoms with van der Waals surface area (Å²) in [5.74, 6) is 0. The van der Waals surface area contributed by atoms with Crippen LogP contribution >= 0.6 is 0 Å². The average Bonchev–Trinajstić information content (AvgIpc) is 2.71. The lowest BCUT2D eigenvalue weighted by Gasteiger charge is -2.39. The van der Waals surface area contributed by atoms with Crippen LogP contribution in [0.25, 0.3) is 5.70 Å². The number of nitrogens with zero attached hydrogens (tertiary/aromatic N) is 2. The second kappa shape index (κ2) is 9.79. The molecule has 0 saturated carbocycles. The molecule has 150 valence electrons. The molecule has 3 nitrogen and oxygen atoms in total. The van der Waals surface area contributed by atoms with E-state index in [4.69, 9.17) is 0 Å². The van der Waals surface area contributed by atoms with Crippen LogP contribution in [0.3, 0.4) is 0 Å². The Morgan fingerprint density at radius 1 is 1.00 bits per heavy atom. The third kappa shape index (κ3) is 5.17. The number of benzene rings is 2. The molecule has 0 amide bonds. The molecule has 1 N–H and O–H groups in total. The number of nitrogens with one attached hydrogen (secondary N) is 1. The van der Waals surface area contributed by atoms with Crippen LogP contribution in [0.5, 0.6) is 0 Å². The number of anilines is 1. The third-order valence-electron chi connectivity index (χ3n) is 5.68. The van der Waals surface area contributed by atoms with Crippen molar-refractivity contribution in [1.82, 2.24) is 10.2 Å². The Kier molecular flexibility index (Phi) is 7.16. The van der Waals surface area contributed by atoms with E-state index in [-0.39, 0.29) is 0 Å². The van der Waals surface area contributed by atoms with Crippen LogP contribution in [0, 0.1) is 13.8 Å². The molecular formula is C25H35N3. The SMILES string of the molecule is C=C(c1ccc(CNCCCC)cc1)N1CCN(c2ccc(C)cc2C)CC1. The van der Waals surface area contributed by atoms with Crippen molar-refractivity contribution in [1.29, 1.82) is 0 Å². The van der Waals surface area contributed by atoms with Crippen LogP contribution in [-0.2, 0) is 6.54 Å². The highest BCUT2D eigenvalue weighted by Gasteiger charge is 2.20. The molecule has 3 heteroatoms. The number of hydrogen-bond acceptors (Lipinski definition) is 3. The van der Waals surface area contributed by atoms with Crippen molar-refractivity contribution >= 4 is 11.4 Å². The minimum Gasteiger partial charge on any atom is -0.368 e. The summed E-state index contributed by atoms with van der Waals surface area (Å²) in [6, 6.07) is 15.6. The monoisotopic (exact) mass is 377 g/mol. The topological polar surface area (TPSA) is 18.5 Å². The second-order valence-electron chi connectivity index (χ2n) is 7.94. The number of hydrogen-bond donors (Lipinski definition) is 1. The predicted molar refractivity (Wildman–Crippen MR) is 122 cm³/mol. The van der Waals surface area contributed by atoms with Crippen LogP contribution in [0.4, 0.5) is 5.69 Å². The van der Waals surface area contributed by atoms with E-state index >= 15 is 0 Å². The lowest BCUT2D eigenvalue weighted by Crippen LogP contribution is -2.45. The lowest BCUT2D eigenvalue weighted by atomic mass is 10.1. The van der Waals surface area contributed by atoms with E-state index in [1.807, 2.05) is 0 Å². The van der Waals surface area contributed by atoms with E-state index in [0.29, 0.717) is 0 Å². The first-order valence-corrected chi connectivity index (χ1v) is 10.6. The molecular weight excluding hydrogens is 342 g/mol. The van der Waals surface area contributed by atoms with E-state index in [1.54, 1.807) is 0 Å². The highest BCUT2D eigenvalue weighted by molar-refractivity contribution is 5.63. The zero-order valence-corrected chi connectivity index (χ0v) is 17.8. The van der Waals surface area contributed by atoms with Gasteiger partial charge in [0.1, 0.15) is 0 Å². The van der Waals surface area contributed by atoms with Crippen molar-refractivity contribution in [2.45, 2.75) is 40.2 Å². The number of rotatable bonds is 8. The van der Waals surface area contributed by atoms with Gasteiger partial charge in [0.25, 0.3) is 0 Å². The molecule has 2 aromatic carbocycles. The molecule has 0 unspecified atom stereocenters. The van der Waals surface area contributed by atoms with E-state index in [2.05, 4.69) is 84.9 Å². The summed E-state index contributed by atoms with van der Waals surface area (Å²) < 4.78 is 0.